The summed E-state index contributed by atoms with van der Waals surface area (Å²) in [4.78, 5) is 11.9. The molecule has 0 radical (unpaired) electrons. The van der Waals surface area contributed by atoms with E-state index in [2.05, 4.69) is 15.5 Å². The molecule has 1 unspecified atom stereocenters. The van der Waals surface area contributed by atoms with Crippen LogP contribution in [-0.2, 0) is 17.8 Å². The van der Waals surface area contributed by atoms with E-state index < -0.39 is 6.10 Å². The number of aromatic amines is 1. The molecule has 1 amide bonds. The molecule has 18 heavy (non-hydrogen) atoms. The second-order valence-corrected chi connectivity index (χ2v) is 4.24. The zero-order chi connectivity index (χ0) is 12.4. The number of rotatable bonds is 3. The van der Waals surface area contributed by atoms with E-state index in [4.69, 9.17) is 4.74 Å². The van der Waals surface area contributed by atoms with Crippen LogP contribution in [0.5, 0.6) is 5.75 Å². The molecular weight excluding hydrogens is 230 g/mol. The first-order valence-corrected chi connectivity index (χ1v) is 5.83. The molecule has 2 aromatic rings. The molecule has 5 nitrogen and oxygen atoms in total. The van der Waals surface area contributed by atoms with Crippen LogP contribution >= 0.6 is 0 Å². The number of hydrogen-bond acceptors (Lipinski definition) is 3. The van der Waals surface area contributed by atoms with E-state index in [-0.39, 0.29) is 5.91 Å². The van der Waals surface area contributed by atoms with Crippen LogP contribution in [0.4, 0.5) is 0 Å². The molecule has 3 rings (SSSR count). The average molecular weight is 243 g/mol. The third kappa shape index (κ3) is 2.07. The Labute approximate surface area is 104 Å². The van der Waals surface area contributed by atoms with Crippen molar-refractivity contribution in [1.82, 2.24) is 15.5 Å². The normalized spacial score (nSPS) is 17.0. The third-order valence-corrected chi connectivity index (χ3v) is 2.96. The van der Waals surface area contributed by atoms with Gasteiger partial charge in [0.1, 0.15) is 5.75 Å². The standard InChI is InChI=1S/C13H13N3O2/c17-13(14-6-9-7-15-16-8-9)12-5-10-3-1-2-4-11(10)18-12/h1-4,7-8,12H,5-6H2,(H,14,17)(H,15,16). The number of nitrogens with one attached hydrogen (secondary N) is 2. The maximum Gasteiger partial charge on any atom is 0.261 e. The number of carbonyl (C=O) groups is 1. The fraction of sp³-hybridized carbons (Fsp3) is 0.231. The molecule has 2 heterocycles. The van der Waals surface area contributed by atoms with Crippen LogP contribution in [0.3, 0.4) is 0 Å². The van der Waals surface area contributed by atoms with Gasteiger partial charge in [-0.3, -0.25) is 9.89 Å². The van der Waals surface area contributed by atoms with Gasteiger partial charge in [-0.05, 0) is 11.6 Å². The maximum absolute atomic E-state index is 11.9. The van der Waals surface area contributed by atoms with E-state index in [1.165, 1.54) is 0 Å². The van der Waals surface area contributed by atoms with Gasteiger partial charge in [0.2, 0.25) is 0 Å². The number of amides is 1. The number of carbonyl (C=O) groups excluding carboxylic acids is 1. The number of para-hydroxylation sites is 1. The fourth-order valence-electron chi connectivity index (χ4n) is 2.01. The monoisotopic (exact) mass is 243 g/mol. The molecule has 1 aliphatic heterocycles. The summed E-state index contributed by atoms with van der Waals surface area (Å²) in [5.74, 6) is 0.716. The predicted octanol–water partition coefficient (Wildman–Crippen LogP) is 1.03. The first kappa shape index (κ1) is 10.8. The van der Waals surface area contributed by atoms with E-state index in [0.717, 1.165) is 16.9 Å². The van der Waals surface area contributed by atoms with Gasteiger partial charge in [0.25, 0.3) is 5.91 Å². The van der Waals surface area contributed by atoms with Crippen molar-refractivity contribution in [3.63, 3.8) is 0 Å². The maximum atomic E-state index is 11.9. The molecule has 1 aromatic heterocycles. The first-order valence-electron chi connectivity index (χ1n) is 5.83. The summed E-state index contributed by atoms with van der Waals surface area (Å²) in [6.07, 6.45) is 3.65. The molecule has 2 N–H and O–H groups in total. The Morgan fingerprint density at radius 1 is 1.50 bits per heavy atom. The van der Waals surface area contributed by atoms with Crippen LogP contribution in [0.2, 0.25) is 0 Å². The van der Waals surface area contributed by atoms with Gasteiger partial charge in [-0.2, -0.15) is 5.10 Å². The topological polar surface area (TPSA) is 67.0 Å². The second-order valence-electron chi connectivity index (χ2n) is 4.24. The smallest absolute Gasteiger partial charge is 0.261 e. The number of hydrogen-bond donors (Lipinski definition) is 2. The predicted molar refractivity (Wildman–Crippen MR) is 65.0 cm³/mol. The number of nitrogens with zero attached hydrogens (tertiary/aromatic N) is 1. The minimum Gasteiger partial charge on any atom is -0.480 e. The minimum absolute atomic E-state index is 0.0904. The Kier molecular flexibility index (Phi) is 2.72. The van der Waals surface area contributed by atoms with Crippen molar-refractivity contribution in [2.24, 2.45) is 0 Å². The molecule has 0 fully saturated rings. The van der Waals surface area contributed by atoms with Gasteiger partial charge in [0, 0.05) is 24.7 Å². The largest absolute Gasteiger partial charge is 0.480 e. The minimum atomic E-state index is -0.422. The lowest BCUT2D eigenvalue weighted by Crippen LogP contribution is -2.36. The van der Waals surface area contributed by atoms with Gasteiger partial charge in [-0.1, -0.05) is 18.2 Å². The Balaban J connectivity index is 1.59. The van der Waals surface area contributed by atoms with E-state index >= 15 is 0 Å². The van der Waals surface area contributed by atoms with E-state index in [9.17, 15) is 4.79 Å². The van der Waals surface area contributed by atoms with Crippen molar-refractivity contribution in [3.8, 4) is 5.75 Å². The summed E-state index contributed by atoms with van der Waals surface area (Å²) in [6.45, 7) is 0.464. The summed E-state index contributed by atoms with van der Waals surface area (Å²) in [6, 6.07) is 7.73. The number of H-pyrrole nitrogens is 1. The van der Waals surface area contributed by atoms with Crippen LogP contribution in [0.1, 0.15) is 11.1 Å². The lowest BCUT2D eigenvalue weighted by molar-refractivity contribution is -0.127. The Hall–Kier alpha value is -2.30. The van der Waals surface area contributed by atoms with Gasteiger partial charge in [-0.25, -0.2) is 0 Å². The molecule has 5 heteroatoms. The van der Waals surface area contributed by atoms with Gasteiger partial charge in [0.15, 0.2) is 6.10 Å². The Morgan fingerprint density at radius 2 is 2.39 bits per heavy atom. The fourth-order valence-corrected chi connectivity index (χ4v) is 2.01. The van der Waals surface area contributed by atoms with Crippen molar-refractivity contribution in [2.75, 3.05) is 0 Å². The second kappa shape index (κ2) is 4.52. The number of aromatic nitrogens is 2. The zero-order valence-electron chi connectivity index (χ0n) is 9.72. The highest BCUT2D eigenvalue weighted by molar-refractivity contribution is 5.82. The highest BCUT2D eigenvalue weighted by atomic mass is 16.5. The molecular formula is C13H13N3O2. The van der Waals surface area contributed by atoms with E-state index in [1.807, 2.05) is 24.3 Å². The summed E-state index contributed by atoms with van der Waals surface area (Å²) >= 11 is 0. The van der Waals surface area contributed by atoms with Crippen LogP contribution < -0.4 is 10.1 Å². The van der Waals surface area contributed by atoms with Crippen LogP contribution in [0.25, 0.3) is 0 Å². The van der Waals surface area contributed by atoms with Gasteiger partial charge >= 0.3 is 0 Å². The van der Waals surface area contributed by atoms with Crippen molar-refractivity contribution >= 4 is 5.91 Å². The SMILES string of the molecule is O=C(NCc1cn[nH]c1)C1Cc2ccccc2O1. The average Bonchev–Trinajstić information content (AvgIpc) is 3.04. The van der Waals surface area contributed by atoms with Crippen molar-refractivity contribution in [1.29, 1.82) is 0 Å². The molecule has 1 aromatic carbocycles. The molecule has 0 bridgehead atoms. The van der Waals surface area contributed by atoms with Crippen LogP contribution in [-0.4, -0.2) is 22.2 Å². The molecule has 1 atom stereocenters. The number of benzene rings is 1. The molecule has 0 aliphatic carbocycles. The summed E-state index contributed by atoms with van der Waals surface area (Å²) in [5, 5.41) is 9.37. The van der Waals surface area contributed by atoms with Crippen LogP contribution in [0.15, 0.2) is 36.7 Å². The summed E-state index contributed by atoms with van der Waals surface area (Å²) in [5.41, 5.74) is 2.03. The van der Waals surface area contributed by atoms with E-state index in [0.29, 0.717) is 13.0 Å². The highest BCUT2D eigenvalue weighted by Gasteiger charge is 2.28. The molecule has 0 spiro atoms. The third-order valence-electron chi connectivity index (χ3n) is 2.96. The van der Waals surface area contributed by atoms with Gasteiger partial charge < -0.3 is 10.1 Å². The summed E-state index contributed by atoms with van der Waals surface area (Å²) < 4.78 is 5.60. The lowest BCUT2D eigenvalue weighted by Gasteiger charge is -2.10. The first-order chi connectivity index (χ1) is 8.83. The number of fused-ring (bicyclic) bond motifs is 1. The zero-order valence-corrected chi connectivity index (χ0v) is 9.72. The van der Waals surface area contributed by atoms with Crippen LogP contribution in [0, 0.1) is 0 Å². The van der Waals surface area contributed by atoms with Crippen molar-refractivity contribution in [2.45, 2.75) is 19.1 Å². The quantitative estimate of drug-likeness (QED) is 0.846. The van der Waals surface area contributed by atoms with Crippen molar-refractivity contribution in [3.05, 3.63) is 47.8 Å². The highest BCUT2D eigenvalue weighted by Crippen LogP contribution is 2.28. The van der Waals surface area contributed by atoms with E-state index in [1.54, 1.807) is 12.4 Å². The molecule has 92 valence electrons. The number of ether oxygens (including phenoxy) is 1. The Morgan fingerprint density at radius 3 is 3.17 bits per heavy atom. The summed E-state index contributed by atoms with van der Waals surface area (Å²) in [7, 11) is 0. The van der Waals surface area contributed by atoms with Crippen molar-refractivity contribution < 1.29 is 9.53 Å². The molecule has 1 aliphatic rings. The van der Waals surface area contributed by atoms with Gasteiger partial charge in [0.05, 0.1) is 6.20 Å². The molecule has 0 saturated carbocycles. The Bertz CT molecular complexity index is 526. The molecule has 0 saturated heterocycles. The lowest BCUT2D eigenvalue weighted by atomic mass is 10.1. The van der Waals surface area contributed by atoms with Gasteiger partial charge in [-0.15, -0.1) is 0 Å².